The van der Waals surface area contributed by atoms with E-state index in [1.54, 1.807) is 12.3 Å². The van der Waals surface area contributed by atoms with Gasteiger partial charge in [-0.15, -0.1) is 0 Å². The molecule has 2 aliphatic rings. The summed E-state index contributed by atoms with van der Waals surface area (Å²) in [5, 5.41) is 18.3. The van der Waals surface area contributed by atoms with E-state index in [-0.39, 0.29) is 6.04 Å². The van der Waals surface area contributed by atoms with Gasteiger partial charge in [0.25, 0.3) is 0 Å². The quantitative estimate of drug-likeness (QED) is 0.520. The van der Waals surface area contributed by atoms with Crippen LogP contribution >= 0.6 is 12.2 Å². The molecular weight excluding hydrogens is 413 g/mol. The molecule has 0 spiro atoms. The maximum atomic E-state index is 13.7. The van der Waals surface area contributed by atoms with E-state index in [9.17, 15) is 9.50 Å². The lowest BCUT2D eigenvalue weighted by Gasteiger charge is -2.29. The molecule has 0 radical (unpaired) electrons. The minimum Gasteiger partial charge on any atom is -0.388 e. The van der Waals surface area contributed by atoms with Crippen LogP contribution in [0, 0.1) is 4.64 Å². The van der Waals surface area contributed by atoms with Crippen LogP contribution in [-0.2, 0) is 19.6 Å². The molecule has 0 bridgehead atoms. The Kier molecular flexibility index (Phi) is 5.24. The van der Waals surface area contributed by atoms with E-state index >= 15 is 0 Å². The number of benzene rings is 1. The maximum absolute atomic E-state index is 13.7. The van der Waals surface area contributed by atoms with Crippen molar-refractivity contribution < 1.29 is 9.50 Å². The molecule has 1 aromatic carbocycles. The average Bonchev–Trinajstić information content (AvgIpc) is 3.12. The molecule has 6 nitrogen and oxygen atoms in total. The van der Waals surface area contributed by atoms with Gasteiger partial charge in [0.05, 0.1) is 11.6 Å². The molecule has 1 saturated carbocycles. The van der Waals surface area contributed by atoms with Crippen LogP contribution in [0.1, 0.15) is 48.9 Å². The van der Waals surface area contributed by atoms with Crippen molar-refractivity contribution in [3.63, 3.8) is 0 Å². The SMILES string of the molecule is CC1(O)CCCC1n1c(=S)c(CF)cc2cnc(Nc3ccc4c(c3)CCNC4)nc21. The van der Waals surface area contributed by atoms with Crippen molar-refractivity contribution in [1.29, 1.82) is 0 Å². The summed E-state index contributed by atoms with van der Waals surface area (Å²) in [5.74, 6) is 0.454. The third-order valence-corrected chi connectivity index (χ3v) is 6.99. The van der Waals surface area contributed by atoms with E-state index in [0.29, 0.717) is 33.6 Å². The van der Waals surface area contributed by atoms with Gasteiger partial charge in [-0.05, 0) is 68.5 Å². The molecule has 31 heavy (non-hydrogen) atoms. The van der Waals surface area contributed by atoms with Crippen molar-refractivity contribution in [2.24, 2.45) is 0 Å². The molecule has 3 N–H and O–H groups in total. The van der Waals surface area contributed by atoms with Crippen LogP contribution in [0.25, 0.3) is 11.0 Å². The average molecular weight is 440 g/mol. The van der Waals surface area contributed by atoms with E-state index in [2.05, 4.69) is 27.8 Å². The number of aliphatic hydroxyl groups is 1. The minimum atomic E-state index is -0.912. The fraction of sp³-hybridized carbons (Fsp3) is 0.435. The van der Waals surface area contributed by atoms with E-state index in [4.69, 9.17) is 17.2 Å². The van der Waals surface area contributed by atoms with Gasteiger partial charge in [0.2, 0.25) is 5.95 Å². The van der Waals surface area contributed by atoms with Gasteiger partial charge in [0.15, 0.2) is 0 Å². The number of nitrogens with one attached hydrogen (secondary N) is 2. The molecule has 1 aliphatic heterocycles. The summed E-state index contributed by atoms with van der Waals surface area (Å²) in [7, 11) is 0. The Balaban J connectivity index is 1.59. The summed E-state index contributed by atoms with van der Waals surface area (Å²) >= 11 is 5.62. The first-order valence-corrected chi connectivity index (χ1v) is 11.2. The Morgan fingerprint density at radius 3 is 3.00 bits per heavy atom. The number of alkyl halides is 1. The van der Waals surface area contributed by atoms with Crippen molar-refractivity contribution in [1.82, 2.24) is 19.9 Å². The molecule has 1 aliphatic carbocycles. The molecular formula is C23H26FN5OS. The molecule has 162 valence electrons. The van der Waals surface area contributed by atoms with Crippen LogP contribution in [-0.4, -0.2) is 31.8 Å². The van der Waals surface area contributed by atoms with Crippen LogP contribution in [0.3, 0.4) is 0 Å². The highest BCUT2D eigenvalue weighted by atomic mass is 32.1. The van der Waals surface area contributed by atoms with Crippen LogP contribution in [0.15, 0.2) is 30.5 Å². The zero-order valence-electron chi connectivity index (χ0n) is 17.5. The van der Waals surface area contributed by atoms with Crippen molar-refractivity contribution in [3.05, 3.63) is 51.8 Å². The lowest BCUT2D eigenvalue weighted by molar-refractivity contribution is 0.0271. The van der Waals surface area contributed by atoms with E-state index in [0.717, 1.165) is 38.0 Å². The molecule has 2 unspecified atom stereocenters. The monoisotopic (exact) mass is 439 g/mol. The molecule has 2 aromatic heterocycles. The third-order valence-electron chi connectivity index (χ3n) is 6.53. The topological polar surface area (TPSA) is 75.0 Å². The van der Waals surface area contributed by atoms with Gasteiger partial charge in [-0.1, -0.05) is 18.3 Å². The Labute approximate surface area is 185 Å². The third kappa shape index (κ3) is 3.73. The van der Waals surface area contributed by atoms with Crippen molar-refractivity contribution in [3.8, 4) is 0 Å². The van der Waals surface area contributed by atoms with Gasteiger partial charge in [-0.25, -0.2) is 9.37 Å². The number of halogens is 1. The lowest BCUT2D eigenvalue weighted by atomic mass is 10.00. The van der Waals surface area contributed by atoms with Crippen molar-refractivity contribution >= 4 is 34.9 Å². The second kappa shape index (κ2) is 7.93. The number of hydrogen-bond donors (Lipinski definition) is 3. The number of rotatable bonds is 4. The number of pyridine rings is 1. The van der Waals surface area contributed by atoms with Gasteiger partial charge < -0.3 is 20.3 Å². The first-order valence-electron chi connectivity index (χ1n) is 10.8. The zero-order valence-corrected chi connectivity index (χ0v) is 18.3. The van der Waals surface area contributed by atoms with Crippen LogP contribution < -0.4 is 10.6 Å². The highest BCUT2D eigenvalue weighted by molar-refractivity contribution is 7.71. The summed E-state index contributed by atoms with van der Waals surface area (Å²) in [6.07, 6.45) is 5.03. The summed E-state index contributed by atoms with van der Waals surface area (Å²) in [6, 6.07) is 7.76. The lowest BCUT2D eigenvalue weighted by Crippen LogP contribution is -2.32. The van der Waals surface area contributed by atoms with Crippen LogP contribution in [0.4, 0.5) is 16.0 Å². The number of fused-ring (bicyclic) bond motifs is 2. The smallest absolute Gasteiger partial charge is 0.229 e. The summed E-state index contributed by atoms with van der Waals surface area (Å²) in [6.45, 7) is 3.03. The Bertz CT molecular complexity index is 1210. The minimum absolute atomic E-state index is 0.243. The van der Waals surface area contributed by atoms with E-state index in [1.807, 2.05) is 17.6 Å². The number of hydrogen-bond acceptors (Lipinski definition) is 6. The second-order valence-corrected chi connectivity index (χ2v) is 9.14. The first-order chi connectivity index (χ1) is 15.0. The fourth-order valence-electron chi connectivity index (χ4n) is 4.84. The maximum Gasteiger partial charge on any atom is 0.229 e. The van der Waals surface area contributed by atoms with Gasteiger partial charge in [0, 0.05) is 29.4 Å². The fourth-order valence-corrected chi connectivity index (χ4v) is 5.17. The number of nitrogens with zero attached hydrogens (tertiary/aromatic N) is 3. The van der Waals surface area contributed by atoms with E-state index in [1.165, 1.54) is 11.1 Å². The predicted octanol–water partition coefficient (Wildman–Crippen LogP) is 4.50. The van der Waals surface area contributed by atoms with Crippen molar-refractivity contribution in [2.75, 3.05) is 11.9 Å². The highest BCUT2D eigenvalue weighted by Crippen LogP contribution is 2.41. The molecule has 0 amide bonds. The largest absolute Gasteiger partial charge is 0.388 e. The summed E-state index contributed by atoms with van der Waals surface area (Å²) < 4.78 is 15.9. The molecule has 3 heterocycles. The molecule has 5 rings (SSSR count). The predicted molar refractivity (Wildman–Crippen MR) is 122 cm³/mol. The molecule has 3 aromatic rings. The second-order valence-electron chi connectivity index (χ2n) is 8.75. The molecule has 0 saturated heterocycles. The number of anilines is 2. The normalized spacial score (nSPS) is 23.1. The molecule has 1 fully saturated rings. The summed E-state index contributed by atoms with van der Waals surface area (Å²) in [4.78, 5) is 9.21. The van der Waals surface area contributed by atoms with Gasteiger partial charge in [-0.3, -0.25) is 0 Å². The van der Waals surface area contributed by atoms with Crippen molar-refractivity contribution in [2.45, 2.75) is 57.5 Å². The van der Waals surface area contributed by atoms with Gasteiger partial charge in [0.1, 0.15) is 17.0 Å². The first kappa shape index (κ1) is 20.5. The van der Waals surface area contributed by atoms with Crippen LogP contribution in [0.2, 0.25) is 0 Å². The molecule has 2 atom stereocenters. The van der Waals surface area contributed by atoms with Gasteiger partial charge in [-0.2, -0.15) is 4.98 Å². The zero-order chi connectivity index (χ0) is 21.6. The van der Waals surface area contributed by atoms with Gasteiger partial charge >= 0.3 is 0 Å². The Hall–Kier alpha value is -2.42. The summed E-state index contributed by atoms with van der Waals surface area (Å²) in [5.41, 5.74) is 3.70. The molecule has 8 heteroatoms. The standard InChI is InChI=1S/C23H26FN5OS/c1-23(30)7-2-3-19(23)29-20-17(9-16(11-24)21(29)31)13-26-22(28-20)27-18-5-4-15-12-25-8-6-14(15)10-18/h4-5,9-10,13,19,25,30H,2-3,6-8,11-12H2,1H3,(H,26,27,28). The Morgan fingerprint density at radius 2 is 2.23 bits per heavy atom. The highest BCUT2D eigenvalue weighted by Gasteiger charge is 2.39. The van der Waals surface area contributed by atoms with Crippen LogP contribution in [0.5, 0.6) is 0 Å². The Morgan fingerprint density at radius 1 is 1.35 bits per heavy atom. The number of aromatic nitrogens is 3. The van der Waals surface area contributed by atoms with E-state index < -0.39 is 12.3 Å².